The summed E-state index contributed by atoms with van der Waals surface area (Å²) in [6.45, 7) is 4.20. The van der Waals surface area contributed by atoms with Crippen molar-refractivity contribution in [1.29, 1.82) is 0 Å². The minimum Gasteiger partial charge on any atom is -0.370 e. The van der Waals surface area contributed by atoms with E-state index in [0.29, 0.717) is 26.3 Å². The lowest BCUT2D eigenvalue weighted by molar-refractivity contribution is -0.906. The number of rotatable bonds is 5. The maximum absolute atomic E-state index is 11.8. The molecule has 0 aliphatic carbocycles. The number of hydrogen-bond donors (Lipinski definition) is 3. The van der Waals surface area contributed by atoms with E-state index in [1.807, 2.05) is 0 Å². The summed E-state index contributed by atoms with van der Waals surface area (Å²) >= 11 is 0. The van der Waals surface area contributed by atoms with Gasteiger partial charge in [0.05, 0.1) is 31.2 Å². The van der Waals surface area contributed by atoms with Crippen molar-refractivity contribution in [3.63, 3.8) is 0 Å². The van der Waals surface area contributed by atoms with Gasteiger partial charge in [-0.1, -0.05) is 12.1 Å². The number of carbonyl (C=O) groups is 2. The third kappa shape index (κ3) is 5.01. The molecule has 23 heavy (non-hydrogen) atoms. The van der Waals surface area contributed by atoms with Gasteiger partial charge in [-0.25, -0.2) is 0 Å². The first-order valence-corrected chi connectivity index (χ1v) is 7.32. The van der Waals surface area contributed by atoms with Gasteiger partial charge in [-0.05, 0) is 6.07 Å². The van der Waals surface area contributed by atoms with Crippen LogP contribution in [0, 0.1) is 10.1 Å². The number of carbonyl (C=O) groups excluding carboxylic acids is 2. The maximum Gasteiger partial charge on any atom is 0.313 e. The van der Waals surface area contributed by atoms with Crippen LogP contribution in [-0.4, -0.2) is 56.1 Å². The minimum absolute atomic E-state index is 0.00328. The number of para-hydroxylation sites is 2. The third-order valence-electron chi connectivity index (χ3n) is 3.52. The molecule has 0 radical (unpaired) electrons. The fourth-order valence-electron chi connectivity index (χ4n) is 2.26. The number of benzene rings is 1. The Kier molecular flexibility index (Phi) is 6.01. The van der Waals surface area contributed by atoms with Crippen LogP contribution < -0.4 is 15.5 Å². The van der Waals surface area contributed by atoms with Crippen molar-refractivity contribution in [2.45, 2.75) is 0 Å². The molecule has 124 valence electrons. The molecular weight excluding hydrogens is 304 g/mol. The normalized spacial score (nSPS) is 15.0. The summed E-state index contributed by atoms with van der Waals surface area (Å²) in [5.41, 5.74) is -0.261. The minimum atomic E-state index is -0.920. The van der Waals surface area contributed by atoms with Gasteiger partial charge in [0.15, 0.2) is 0 Å². The van der Waals surface area contributed by atoms with Crippen LogP contribution in [0.25, 0.3) is 0 Å². The molecule has 0 bridgehead atoms. The standard InChI is InChI=1S/C14H18N4O5/c19-13(15-5-6-17-7-9-23-10-8-17)14(20)16-11-3-1-2-4-12(11)18(21)22/h1-4H,5-10H2,(H,15,19)(H,16,20)/p+1. The van der Waals surface area contributed by atoms with Crippen molar-refractivity contribution in [3.8, 4) is 0 Å². The fraction of sp³-hybridized carbons (Fsp3) is 0.429. The highest BCUT2D eigenvalue weighted by Crippen LogP contribution is 2.22. The predicted octanol–water partition coefficient (Wildman–Crippen LogP) is -1.44. The molecule has 0 aromatic heterocycles. The molecule has 0 saturated carbocycles. The molecule has 3 N–H and O–H groups in total. The molecule has 1 saturated heterocycles. The molecule has 1 aromatic carbocycles. The number of nitro groups is 1. The zero-order chi connectivity index (χ0) is 16.7. The molecule has 0 spiro atoms. The number of nitrogens with zero attached hydrogens (tertiary/aromatic N) is 1. The molecule has 1 fully saturated rings. The van der Waals surface area contributed by atoms with E-state index in [9.17, 15) is 19.7 Å². The topological polar surface area (TPSA) is 115 Å². The van der Waals surface area contributed by atoms with Crippen LogP contribution in [-0.2, 0) is 14.3 Å². The van der Waals surface area contributed by atoms with E-state index < -0.39 is 16.7 Å². The molecule has 1 aliphatic heterocycles. The van der Waals surface area contributed by atoms with Crippen LogP contribution in [0.15, 0.2) is 24.3 Å². The van der Waals surface area contributed by atoms with Crippen molar-refractivity contribution >= 4 is 23.2 Å². The number of hydrogen-bond acceptors (Lipinski definition) is 5. The average molecular weight is 323 g/mol. The SMILES string of the molecule is O=C(NCC[NH+]1CCOCC1)C(=O)Nc1ccccc1[N+](=O)[O-]. The van der Waals surface area contributed by atoms with Crippen molar-refractivity contribution < 1.29 is 24.1 Å². The Morgan fingerprint density at radius 1 is 1.22 bits per heavy atom. The van der Waals surface area contributed by atoms with Crippen LogP contribution >= 0.6 is 0 Å². The second-order valence-electron chi connectivity index (χ2n) is 5.10. The van der Waals surface area contributed by atoms with E-state index >= 15 is 0 Å². The van der Waals surface area contributed by atoms with Crippen LogP contribution in [0.1, 0.15) is 0 Å². The number of anilines is 1. The first-order chi connectivity index (χ1) is 11.1. The monoisotopic (exact) mass is 323 g/mol. The molecule has 1 aromatic rings. The van der Waals surface area contributed by atoms with E-state index in [4.69, 9.17) is 4.74 Å². The molecule has 9 nitrogen and oxygen atoms in total. The van der Waals surface area contributed by atoms with Crippen LogP contribution in [0.4, 0.5) is 11.4 Å². The van der Waals surface area contributed by atoms with E-state index in [1.54, 1.807) is 6.07 Å². The summed E-state index contributed by atoms with van der Waals surface area (Å²) in [5.74, 6) is -1.73. The highest BCUT2D eigenvalue weighted by atomic mass is 16.6. The first-order valence-electron chi connectivity index (χ1n) is 7.32. The fourth-order valence-corrected chi connectivity index (χ4v) is 2.26. The Labute approximate surface area is 132 Å². The van der Waals surface area contributed by atoms with Crippen molar-refractivity contribution in [3.05, 3.63) is 34.4 Å². The van der Waals surface area contributed by atoms with Gasteiger partial charge in [-0.2, -0.15) is 0 Å². The van der Waals surface area contributed by atoms with Crippen LogP contribution in [0.5, 0.6) is 0 Å². The van der Waals surface area contributed by atoms with E-state index in [0.717, 1.165) is 13.1 Å². The molecule has 1 heterocycles. The highest BCUT2D eigenvalue weighted by molar-refractivity contribution is 6.39. The Morgan fingerprint density at radius 2 is 1.91 bits per heavy atom. The summed E-state index contributed by atoms with van der Waals surface area (Å²) in [7, 11) is 0. The largest absolute Gasteiger partial charge is 0.370 e. The Bertz CT molecular complexity index is 586. The lowest BCUT2D eigenvalue weighted by Crippen LogP contribution is -3.14. The Morgan fingerprint density at radius 3 is 2.61 bits per heavy atom. The number of nitrogens with one attached hydrogen (secondary N) is 3. The number of ether oxygens (including phenoxy) is 1. The zero-order valence-electron chi connectivity index (χ0n) is 12.5. The molecule has 0 unspecified atom stereocenters. The van der Waals surface area contributed by atoms with Crippen LogP contribution in [0.3, 0.4) is 0 Å². The first kappa shape index (κ1) is 16.8. The molecular formula is C14H19N4O5+. The third-order valence-corrected chi connectivity index (χ3v) is 3.52. The summed E-state index contributed by atoms with van der Waals surface area (Å²) in [6, 6.07) is 5.66. The lowest BCUT2D eigenvalue weighted by atomic mass is 10.2. The maximum atomic E-state index is 11.8. The summed E-state index contributed by atoms with van der Waals surface area (Å²) in [4.78, 5) is 35.1. The number of quaternary nitrogens is 1. The Hall–Kier alpha value is -2.52. The van der Waals surface area contributed by atoms with E-state index in [1.165, 1.54) is 23.1 Å². The predicted molar refractivity (Wildman–Crippen MR) is 81.1 cm³/mol. The van der Waals surface area contributed by atoms with E-state index in [2.05, 4.69) is 10.6 Å². The average Bonchev–Trinajstić information content (AvgIpc) is 2.56. The molecule has 1 aliphatic rings. The Balaban J connectivity index is 1.81. The smallest absolute Gasteiger partial charge is 0.313 e. The highest BCUT2D eigenvalue weighted by Gasteiger charge is 2.20. The summed E-state index contributed by atoms with van der Waals surface area (Å²) < 4.78 is 5.23. The molecule has 2 amide bonds. The number of nitro benzene ring substituents is 1. The molecule has 2 rings (SSSR count). The van der Waals surface area contributed by atoms with E-state index in [-0.39, 0.29) is 11.4 Å². The number of amides is 2. The van der Waals surface area contributed by atoms with Gasteiger partial charge >= 0.3 is 11.8 Å². The summed E-state index contributed by atoms with van der Waals surface area (Å²) in [5, 5.41) is 15.6. The van der Waals surface area contributed by atoms with Gasteiger partial charge in [0.25, 0.3) is 5.69 Å². The second kappa shape index (κ2) is 8.20. The van der Waals surface area contributed by atoms with Crippen molar-refractivity contribution in [1.82, 2.24) is 5.32 Å². The lowest BCUT2D eigenvalue weighted by Gasteiger charge is -2.23. The van der Waals surface area contributed by atoms with Gasteiger partial charge in [0.1, 0.15) is 18.8 Å². The second-order valence-corrected chi connectivity index (χ2v) is 5.10. The van der Waals surface area contributed by atoms with Gasteiger partial charge in [-0.3, -0.25) is 19.7 Å². The van der Waals surface area contributed by atoms with Gasteiger partial charge in [0, 0.05) is 6.07 Å². The molecule has 0 atom stereocenters. The quantitative estimate of drug-likeness (QED) is 0.349. The number of morpholine rings is 1. The zero-order valence-corrected chi connectivity index (χ0v) is 12.5. The molecule has 9 heteroatoms. The van der Waals surface area contributed by atoms with Crippen molar-refractivity contribution in [2.75, 3.05) is 44.7 Å². The summed E-state index contributed by atoms with van der Waals surface area (Å²) in [6.07, 6.45) is 0. The van der Waals surface area contributed by atoms with Crippen molar-refractivity contribution in [2.24, 2.45) is 0 Å². The van der Waals surface area contributed by atoms with Gasteiger partial charge < -0.3 is 20.3 Å². The van der Waals surface area contributed by atoms with Gasteiger partial charge in [0.2, 0.25) is 0 Å². The van der Waals surface area contributed by atoms with Crippen LogP contribution in [0.2, 0.25) is 0 Å². The van der Waals surface area contributed by atoms with Gasteiger partial charge in [-0.15, -0.1) is 0 Å².